The predicted octanol–water partition coefficient (Wildman–Crippen LogP) is 2.50. The van der Waals surface area contributed by atoms with E-state index in [0.717, 1.165) is 6.07 Å². The van der Waals surface area contributed by atoms with Crippen LogP contribution in [0.25, 0.3) is 0 Å². The Morgan fingerprint density at radius 2 is 1.54 bits per heavy atom. The molecule has 0 bridgehead atoms. The van der Waals surface area contributed by atoms with E-state index in [1.54, 1.807) is 0 Å². The lowest BCUT2D eigenvalue weighted by Gasteiger charge is -2.14. The molecule has 2 rings (SSSR count). The summed E-state index contributed by atoms with van der Waals surface area (Å²) in [6, 6.07) is 4.29. The molecule has 0 aliphatic heterocycles. The van der Waals surface area contributed by atoms with Crippen LogP contribution in [-0.2, 0) is 4.79 Å². The lowest BCUT2D eigenvalue weighted by molar-refractivity contribution is -0.115. The summed E-state index contributed by atoms with van der Waals surface area (Å²) >= 11 is 0. The summed E-state index contributed by atoms with van der Waals surface area (Å²) < 4.78 is 55.1. The minimum absolute atomic E-state index is 0.112. The third kappa shape index (κ3) is 4.45. The van der Waals surface area contributed by atoms with E-state index in [0.29, 0.717) is 6.07 Å². The maximum absolute atomic E-state index is 13.6. The van der Waals surface area contributed by atoms with Crippen LogP contribution >= 0.6 is 0 Å². The van der Waals surface area contributed by atoms with E-state index in [1.165, 1.54) is 33.5 Å². The molecule has 0 aliphatic rings. The minimum Gasteiger partial charge on any atom is -0.493 e. The van der Waals surface area contributed by atoms with Gasteiger partial charge in [0.15, 0.2) is 29.0 Å². The van der Waals surface area contributed by atoms with Crippen LogP contribution < -0.4 is 24.8 Å². The molecular weight excluding hydrogens is 381 g/mol. The highest BCUT2D eigenvalue weighted by molar-refractivity contribution is 6.00. The molecule has 0 aromatic heterocycles. The zero-order valence-electron chi connectivity index (χ0n) is 15.2. The van der Waals surface area contributed by atoms with E-state index in [4.69, 9.17) is 14.2 Å². The number of methoxy groups -OCH3 is 3. The van der Waals surface area contributed by atoms with Gasteiger partial charge in [0.05, 0.1) is 33.6 Å². The van der Waals surface area contributed by atoms with E-state index >= 15 is 0 Å². The van der Waals surface area contributed by atoms with Gasteiger partial charge in [0.2, 0.25) is 11.7 Å². The molecule has 2 aromatic carbocycles. The zero-order chi connectivity index (χ0) is 20.8. The average molecular weight is 398 g/mol. The molecule has 0 radical (unpaired) electrons. The molecule has 0 aliphatic carbocycles. The Kier molecular flexibility index (Phi) is 6.69. The number of carbonyl (C=O) groups excluding carboxylic acids is 2. The van der Waals surface area contributed by atoms with E-state index < -0.39 is 41.5 Å². The van der Waals surface area contributed by atoms with Crippen LogP contribution in [0.5, 0.6) is 17.2 Å². The van der Waals surface area contributed by atoms with Crippen molar-refractivity contribution in [2.24, 2.45) is 0 Å². The Morgan fingerprint density at radius 3 is 2.07 bits per heavy atom. The van der Waals surface area contributed by atoms with Gasteiger partial charge < -0.3 is 24.8 Å². The molecule has 0 atom stereocenters. The second-order valence-corrected chi connectivity index (χ2v) is 5.37. The normalized spacial score (nSPS) is 10.2. The number of amides is 2. The maximum atomic E-state index is 13.6. The standard InChI is InChI=1S/C18H17F3N2O5/c1-26-12-6-9(7-13(27-2)17(12)28-3)18(25)22-8-14(24)23-11-5-4-10(19)15(20)16(11)21/h4-7H,8H2,1-3H3,(H,22,25)(H,23,24). The van der Waals surface area contributed by atoms with Crippen molar-refractivity contribution in [1.82, 2.24) is 5.32 Å². The van der Waals surface area contributed by atoms with E-state index in [1.807, 2.05) is 5.32 Å². The molecule has 0 fully saturated rings. The van der Waals surface area contributed by atoms with Crippen molar-refractivity contribution < 1.29 is 37.0 Å². The second kappa shape index (κ2) is 8.98. The van der Waals surface area contributed by atoms with Gasteiger partial charge in [-0.1, -0.05) is 0 Å². The van der Waals surface area contributed by atoms with Crippen molar-refractivity contribution in [3.8, 4) is 17.2 Å². The average Bonchev–Trinajstić information content (AvgIpc) is 2.71. The van der Waals surface area contributed by atoms with Gasteiger partial charge in [-0.2, -0.15) is 0 Å². The topological polar surface area (TPSA) is 85.9 Å². The predicted molar refractivity (Wildman–Crippen MR) is 93.4 cm³/mol. The molecule has 0 saturated carbocycles. The number of hydrogen-bond acceptors (Lipinski definition) is 5. The van der Waals surface area contributed by atoms with E-state index in [9.17, 15) is 22.8 Å². The first-order valence-corrected chi connectivity index (χ1v) is 7.83. The Hall–Kier alpha value is -3.43. The molecule has 2 N–H and O–H groups in total. The van der Waals surface area contributed by atoms with Crippen LogP contribution in [-0.4, -0.2) is 39.7 Å². The summed E-state index contributed by atoms with van der Waals surface area (Å²) in [6.45, 7) is -0.548. The lowest BCUT2D eigenvalue weighted by atomic mass is 10.1. The van der Waals surface area contributed by atoms with E-state index in [2.05, 4.69) is 5.32 Å². The van der Waals surface area contributed by atoms with Gasteiger partial charge in [-0.15, -0.1) is 0 Å². The van der Waals surface area contributed by atoms with Crippen LogP contribution in [0.15, 0.2) is 24.3 Å². The van der Waals surface area contributed by atoms with E-state index in [-0.39, 0.29) is 22.8 Å². The summed E-state index contributed by atoms with van der Waals surface area (Å²) in [7, 11) is 4.16. The highest BCUT2D eigenvalue weighted by Crippen LogP contribution is 2.38. The summed E-state index contributed by atoms with van der Waals surface area (Å²) in [5, 5.41) is 4.36. The molecule has 7 nitrogen and oxygen atoms in total. The highest BCUT2D eigenvalue weighted by atomic mass is 19.2. The fraction of sp³-hybridized carbons (Fsp3) is 0.222. The van der Waals surface area contributed by atoms with Gasteiger partial charge in [-0.05, 0) is 24.3 Å². The molecular formula is C18H17F3N2O5. The van der Waals surface area contributed by atoms with Gasteiger partial charge in [-0.3, -0.25) is 9.59 Å². The minimum atomic E-state index is -1.71. The Morgan fingerprint density at radius 1 is 0.929 bits per heavy atom. The molecule has 0 heterocycles. The van der Waals surface area contributed by atoms with Crippen molar-refractivity contribution in [1.29, 1.82) is 0 Å². The Balaban J connectivity index is 2.08. The molecule has 10 heteroatoms. The molecule has 0 saturated heterocycles. The highest BCUT2D eigenvalue weighted by Gasteiger charge is 2.18. The van der Waals surface area contributed by atoms with Crippen LogP contribution in [0.1, 0.15) is 10.4 Å². The summed E-state index contributed by atoms with van der Waals surface area (Å²) in [5.41, 5.74) is -0.438. The molecule has 2 aromatic rings. The number of rotatable bonds is 7. The summed E-state index contributed by atoms with van der Waals surface area (Å²) in [5.74, 6) is -5.37. The number of hydrogen-bond donors (Lipinski definition) is 2. The smallest absolute Gasteiger partial charge is 0.251 e. The summed E-state index contributed by atoms with van der Waals surface area (Å²) in [4.78, 5) is 24.1. The number of ether oxygens (including phenoxy) is 3. The van der Waals surface area contributed by atoms with Crippen molar-refractivity contribution in [3.63, 3.8) is 0 Å². The SMILES string of the molecule is COc1cc(C(=O)NCC(=O)Nc2ccc(F)c(F)c2F)cc(OC)c1OC. The first-order valence-electron chi connectivity index (χ1n) is 7.83. The number of halogens is 3. The van der Waals surface area contributed by atoms with Gasteiger partial charge in [0.25, 0.3) is 5.91 Å². The van der Waals surface area contributed by atoms with Crippen molar-refractivity contribution in [2.45, 2.75) is 0 Å². The van der Waals surface area contributed by atoms with Crippen molar-refractivity contribution in [2.75, 3.05) is 33.2 Å². The third-order valence-electron chi connectivity index (χ3n) is 3.65. The molecule has 0 spiro atoms. The Labute approximate surface area is 158 Å². The number of nitrogens with one attached hydrogen (secondary N) is 2. The molecule has 28 heavy (non-hydrogen) atoms. The monoisotopic (exact) mass is 398 g/mol. The van der Waals surface area contributed by atoms with Crippen LogP contribution in [0, 0.1) is 17.5 Å². The maximum Gasteiger partial charge on any atom is 0.251 e. The van der Waals surface area contributed by atoms with Gasteiger partial charge in [-0.25, -0.2) is 13.2 Å². The number of benzene rings is 2. The first kappa shape index (κ1) is 20.9. The fourth-order valence-corrected chi connectivity index (χ4v) is 2.29. The molecule has 150 valence electrons. The van der Waals surface area contributed by atoms with Gasteiger partial charge in [0, 0.05) is 5.56 Å². The number of anilines is 1. The van der Waals surface area contributed by atoms with Gasteiger partial charge in [0.1, 0.15) is 0 Å². The van der Waals surface area contributed by atoms with Crippen LogP contribution in [0.3, 0.4) is 0 Å². The summed E-state index contributed by atoms with van der Waals surface area (Å²) in [6.07, 6.45) is 0. The van der Waals surface area contributed by atoms with Crippen molar-refractivity contribution >= 4 is 17.5 Å². The second-order valence-electron chi connectivity index (χ2n) is 5.37. The Bertz CT molecular complexity index is 880. The molecule has 0 unspecified atom stereocenters. The third-order valence-corrected chi connectivity index (χ3v) is 3.65. The molecule has 2 amide bonds. The lowest BCUT2D eigenvalue weighted by Crippen LogP contribution is -2.33. The van der Waals surface area contributed by atoms with Crippen LogP contribution in [0.2, 0.25) is 0 Å². The number of carbonyl (C=O) groups is 2. The first-order chi connectivity index (χ1) is 13.3. The van der Waals surface area contributed by atoms with Crippen molar-refractivity contribution in [3.05, 3.63) is 47.3 Å². The fourth-order valence-electron chi connectivity index (χ4n) is 2.29. The van der Waals surface area contributed by atoms with Crippen LogP contribution in [0.4, 0.5) is 18.9 Å². The largest absolute Gasteiger partial charge is 0.493 e. The zero-order valence-corrected chi connectivity index (χ0v) is 15.2. The van der Waals surface area contributed by atoms with Gasteiger partial charge >= 0.3 is 0 Å². The quantitative estimate of drug-likeness (QED) is 0.700.